The number of benzene rings is 3. The second kappa shape index (κ2) is 7.78. The molecule has 0 aliphatic carbocycles. The first-order valence-electron chi connectivity index (χ1n) is 9.49. The number of nitrogens with zero attached hydrogens (tertiary/aromatic N) is 1. The van der Waals surface area contributed by atoms with Crippen LogP contribution in [-0.4, -0.2) is 0 Å². The van der Waals surface area contributed by atoms with Gasteiger partial charge in [-0.3, -0.25) is 0 Å². The van der Waals surface area contributed by atoms with E-state index < -0.39 is 0 Å². The molecular weight excluding hydrogens is 314 g/mol. The van der Waals surface area contributed by atoms with E-state index in [1.807, 2.05) is 0 Å². The molecule has 0 heterocycles. The Morgan fingerprint density at radius 2 is 1.19 bits per heavy atom. The minimum atomic E-state index is 0.345. The van der Waals surface area contributed by atoms with E-state index in [1.165, 1.54) is 34.6 Å². The van der Waals surface area contributed by atoms with Gasteiger partial charge in [0.2, 0.25) is 0 Å². The fourth-order valence-corrected chi connectivity index (χ4v) is 3.16. The summed E-state index contributed by atoms with van der Waals surface area (Å²) in [5.41, 5.74) is 6.58. The second-order valence-electron chi connectivity index (χ2n) is 7.87. The van der Waals surface area contributed by atoms with Gasteiger partial charge in [-0.2, -0.15) is 0 Å². The molecule has 0 radical (unpaired) electrons. The van der Waals surface area contributed by atoms with Crippen LogP contribution in [0.2, 0.25) is 0 Å². The van der Waals surface area contributed by atoms with Crippen molar-refractivity contribution in [1.29, 1.82) is 0 Å². The van der Waals surface area contributed by atoms with E-state index in [0.717, 1.165) is 6.42 Å². The van der Waals surface area contributed by atoms with Gasteiger partial charge in [0, 0.05) is 17.1 Å². The molecule has 0 unspecified atom stereocenters. The Bertz CT molecular complexity index is 814. The number of para-hydroxylation sites is 1. The number of rotatable bonds is 6. The normalized spacial score (nSPS) is 11.4. The molecule has 0 atom stereocenters. The zero-order chi connectivity index (χ0) is 18.6. The molecule has 0 amide bonds. The van der Waals surface area contributed by atoms with Crippen LogP contribution in [0.1, 0.15) is 38.3 Å². The maximum atomic E-state index is 2.34. The Hall–Kier alpha value is -2.54. The zero-order valence-corrected chi connectivity index (χ0v) is 16.4. The largest absolute Gasteiger partial charge is 0.311 e. The standard InChI is InChI=1S/C25H29N/c1-5-25(3,4)19-21-13-17-24(18-14-21)26(22-9-7-6-8-10-22)23-15-11-20(2)12-16-23/h6-18H,5,19H2,1-4H3. The monoisotopic (exact) mass is 343 g/mol. The average molecular weight is 344 g/mol. The molecule has 0 aliphatic rings. The molecular formula is C25H29N. The Labute approximate surface area is 158 Å². The van der Waals surface area contributed by atoms with Gasteiger partial charge in [-0.05, 0) is 60.7 Å². The number of hydrogen-bond donors (Lipinski definition) is 0. The minimum Gasteiger partial charge on any atom is -0.311 e. The Morgan fingerprint density at radius 1 is 0.692 bits per heavy atom. The first-order valence-corrected chi connectivity index (χ1v) is 9.49. The van der Waals surface area contributed by atoms with E-state index in [9.17, 15) is 0 Å². The molecule has 1 nitrogen and oxygen atoms in total. The maximum absolute atomic E-state index is 2.34. The van der Waals surface area contributed by atoms with Gasteiger partial charge in [-0.25, -0.2) is 0 Å². The molecule has 26 heavy (non-hydrogen) atoms. The Morgan fingerprint density at radius 3 is 1.73 bits per heavy atom. The number of anilines is 3. The SMILES string of the molecule is CCC(C)(C)Cc1ccc(N(c2ccccc2)c2ccc(C)cc2)cc1. The molecule has 0 saturated heterocycles. The first kappa shape index (κ1) is 18.3. The lowest BCUT2D eigenvalue weighted by Crippen LogP contribution is -2.14. The van der Waals surface area contributed by atoms with Gasteiger partial charge in [-0.15, -0.1) is 0 Å². The summed E-state index contributed by atoms with van der Waals surface area (Å²) in [6.07, 6.45) is 2.30. The van der Waals surface area contributed by atoms with Crippen molar-refractivity contribution < 1.29 is 0 Å². The van der Waals surface area contributed by atoms with E-state index in [0.29, 0.717) is 5.41 Å². The molecule has 0 aliphatic heterocycles. The molecule has 0 spiro atoms. The van der Waals surface area contributed by atoms with Crippen molar-refractivity contribution >= 4 is 17.1 Å². The minimum absolute atomic E-state index is 0.345. The van der Waals surface area contributed by atoms with E-state index in [4.69, 9.17) is 0 Å². The second-order valence-corrected chi connectivity index (χ2v) is 7.87. The summed E-state index contributed by atoms with van der Waals surface area (Å²) < 4.78 is 0. The summed E-state index contributed by atoms with van der Waals surface area (Å²) in [7, 11) is 0. The molecule has 0 N–H and O–H groups in total. The summed E-state index contributed by atoms with van der Waals surface area (Å²) in [5.74, 6) is 0. The lowest BCUT2D eigenvalue weighted by atomic mass is 9.83. The van der Waals surface area contributed by atoms with E-state index in [-0.39, 0.29) is 0 Å². The lowest BCUT2D eigenvalue weighted by molar-refractivity contribution is 0.349. The highest BCUT2D eigenvalue weighted by molar-refractivity contribution is 5.76. The van der Waals surface area contributed by atoms with Crippen LogP contribution in [-0.2, 0) is 6.42 Å². The summed E-state index contributed by atoms with van der Waals surface area (Å²) in [6.45, 7) is 9.07. The molecule has 0 bridgehead atoms. The van der Waals surface area contributed by atoms with Crippen molar-refractivity contribution in [3.8, 4) is 0 Å². The summed E-state index contributed by atoms with van der Waals surface area (Å²) in [5, 5.41) is 0. The van der Waals surface area contributed by atoms with Crippen LogP contribution in [0, 0.1) is 12.3 Å². The molecule has 3 rings (SSSR count). The summed E-state index contributed by atoms with van der Waals surface area (Å²) in [4.78, 5) is 2.31. The van der Waals surface area contributed by atoms with Crippen LogP contribution in [0.5, 0.6) is 0 Å². The van der Waals surface area contributed by atoms with E-state index in [1.54, 1.807) is 0 Å². The predicted octanol–water partition coefficient (Wildman–Crippen LogP) is 7.44. The maximum Gasteiger partial charge on any atom is 0.0461 e. The van der Waals surface area contributed by atoms with Gasteiger partial charge in [0.05, 0.1) is 0 Å². The van der Waals surface area contributed by atoms with E-state index >= 15 is 0 Å². The highest BCUT2D eigenvalue weighted by atomic mass is 15.1. The van der Waals surface area contributed by atoms with Crippen LogP contribution >= 0.6 is 0 Å². The van der Waals surface area contributed by atoms with Crippen molar-refractivity contribution in [2.45, 2.75) is 40.5 Å². The molecule has 0 aromatic heterocycles. The van der Waals surface area contributed by atoms with Crippen LogP contribution in [0.3, 0.4) is 0 Å². The number of aryl methyl sites for hydroxylation is 1. The van der Waals surface area contributed by atoms with Gasteiger partial charge >= 0.3 is 0 Å². The van der Waals surface area contributed by atoms with Gasteiger partial charge in [0.15, 0.2) is 0 Å². The fraction of sp³-hybridized carbons (Fsp3) is 0.280. The quantitative estimate of drug-likeness (QED) is 0.449. The summed E-state index contributed by atoms with van der Waals surface area (Å²) in [6, 6.07) is 28.3. The van der Waals surface area contributed by atoms with Gasteiger partial charge in [-0.1, -0.05) is 75.2 Å². The van der Waals surface area contributed by atoms with Crippen molar-refractivity contribution in [2.75, 3.05) is 4.90 Å². The van der Waals surface area contributed by atoms with Crippen LogP contribution < -0.4 is 4.90 Å². The Kier molecular flexibility index (Phi) is 5.46. The summed E-state index contributed by atoms with van der Waals surface area (Å²) >= 11 is 0. The van der Waals surface area contributed by atoms with Crippen molar-refractivity contribution in [1.82, 2.24) is 0 Å². The highest BCUT2D eigenvalue weighted by Gasteiger charge is 2.16. The van der Waals surface area contributed by atoms with Gasteiger partial charge in [0.25, 0.3) is 0 Å². The average Bonchev–Trinajstić information content (AvgIpc) is 2.66. The number of hydrogen-bond acceptors (Lipinski definition) is 1. The van der Waals surface area contributed by atoms with E-state index in [2.05, 4.69) is 111 Å². The molecule has 0 saturated carbocycles. The van der Waals surface area contributed by atoms with Gasteiger partial charge < -0.3 is 4.90 Å². The third kappa shape index (κ3) is 4.35. The highest BCUT2D eigenvalue weighted by Crippen LogP contribution is 2.35. The molecule has 134 valence electrons. The van der Waals surface area contributed by atoms with Crippen LogP contribution in [0.25, 0.3) is 0 Å². The predicted molar refractivity (Wildman–Crippen MR) is 114 cm³/mol. The lowest BCUT2D eigenvalue weighted by Gasteiger charge is -2.26. The van der Waals surface area contributed by atoms with Crippen LogP contribution in [0.4, 0.5) is 17.1 Å². The zero-order valence-electron chi connectivity index (χ0n) is 16.4. The Balaban J connectivity index is 1.96. The van der Waals surface area contributed by atoms with Crippen molar-refractivity contribution in [2.24, 2.45) is 5.41 Å². The molecule has 3 aromatic rings. The first-order chi connectivity index (χ1) is 12.5. The molecule has 1 heteroatoms. The third-order valence-electron chi connectivity index (χ3n) is 5.14. The third-order valence-corrected chi connectivity index (χ3v) is 5.14. The topological polar surface area (TPSA) is 3.24 Å². The van der Waals surface area contributed by atoms with Crippen LogP contribution in [0.15, 0.2) is 78.9 Å². The smallest absolute Gasteiger partial charge is 0.0461 e. The van der Waals surface area contributed by atoms with Gasteiger partial charge in [0.1, 0.15) is 0 Å². The fourth-order valence-electron chi connectivity index (χ4n) is 3.16. The molecule has 0 fully saturated rings. The van der Waals surface area contributed by atoms with Crippen molar-refractivity contribution in [3.05, 3.63) is 90.0 Å². The van der Waals surface area contributed by atoms with Crippen molar-refractivity contribution in [3.63, 3.8) is 0 Å². The molecule has 3 aromatic carbocycles.